The number of hydrogen-bond donors (Lipinski definition) is 1. The summed E-state index contributed by atoms with van der Waals surface area (Å²) in [5, 5.41) is 12.5. The molecule has 0 saturated heterocycles. The Morgan fingerprint density at radius 1 is 1.59 bits per heavy atom. The number of oxazole rings is 1. The Balaban J connectivity index is 2.50. The van der Waals surface area contributed by atoms with Crippen LogP contribution in [0.25, 0.3) is 11.5 Å². The standard InChI is InChI=1S/C9H7F2N3O3/c1-14-3-4(2-12-14)8-13-5(7(10)11)6(17-8)9(15)16/h2-3,7H,1H3,(H,15,16). The smallest absolute Gasteiger partial charge is 0.374 e. The Hall–Kier alpha value is -2.25. The van der Waals surface area contributed by atoms with Crippen molar-refractivity contribution in [1.82, 2.24) is 14.8 Å². The molecule has 0 aromatic carbocycles. The van der Waals surface area contributed by atoms with Crippen LogP contribution >= 0.6 is 0 Å². The minimum Gasteiger partial charge on any atom is -0.475 e. The van der Waals surface area contributed by atoms with Gasteiger partial charge in [0, 0.05) is 13.2 Å². The summed E-state index contributed by atoms with van der Waals surface area (Å²) in [6, 6.07) is 0. The van der Waals surface area contributed by atoms with E-state index in [-0.39, 0.29) is 5.89 Å². The van der Waals surface area contributed by atoms with Crippen LogP contribution in [0.1, 0.15) is 22.7 Å². The van der Waals surface area contributed by atoms with E-state index >= 15 is 0 Å². The first-order chi connectivity index (χ1) is 7.99. The molecule has 6 nitrogen and oxygen atoms in total. The highest BCUT2D eigenvalue weighted by molar-refractivity contribution is 5.86. The molecule has 0 bridgehead atoms. The molecule has 0 aliphatic heterocycles. The van der Waals surface area contributed by atoms with Gasteiger partial charge in [-0.3, -0.25) is 4.68 Å². The average molecular weight is 243 g/mol. The summed E-state index contributed by atoms with van der Waals surface area (Å²) in [5.41, 5.74) is -0.543. The molecule has 90 valence electrons. The first-order valence-corrected chi connectivity index (χ1v) is 4.50. The molecular formula is C9H7F2N3O3. The van der Waals surface area contributed by atoms with Crippen molar-refractivity contribution in [2.45, 2.75) is 6.43 Å². The van der Waals surface area contributed by atoms with Gasteiger partial charge < -0.3 is 9.52 Å². The van der Waals surface area contributed by atoms with Crippen molar-refractivity contribution in [1.29, 1.82) is 0 Å². The Morgan fingerprint density at radius 2 is 2.29 bits per heavy atom. The number of carboxylic acid groups (broad SMARTS) is 1. The number of aryl methyl sites for hydroxylation is 1. The Kier molecular flexibility index (Phi) is 2.62. The first kappa shape index (κ1) is 11.2. The molecule has 0 unspecified atom stereocenters. The highest BCUT2D eigenvalue weighted by atomic mass is 19.3. The van der Waals surface area contributed by atoms with Gasteiger partial charge in [-0.15, -0.1) is 0 Å². The zero-order valence-electron chi connectivity index (χ0n) is 8.59. The van der Waals surface area contributed by atoms with E-state index in [1.807, 2.05) is 0 Å². The van der Waals surface area contributed by atoms with E-state index in [2.05, 4.69) is 10.1 Å². The largest absolute Gasteiger partial charge is 0.475 e. The third-order valence-electron chi connectivity index (χ3n) is 2.01. The lowest BCUT2D eigenvalue weighted by Gasteiger charge is -1.91. The summed E-state index contributed by atoms with van der Waals surface area (Å²) < 4.78 is 31.2. The van der Waals surface area contributed by atoms with Crippen molar-refractivity contribution in [2.75, 3.05) is 0 Å². The van der Waals surface area contributed by atoms with Crippen LogP contribution in [-0.2, 0) is 7.05 Å². The summed E-state index contributed by atoms with van der Waals surface area (Å²) in [7, 11) is 1.62. The molecule has 8 heteroatoms. The van der Waals surface area contributed by atoms with E-state index in [0.717, 1.165) is 0 Å². The summed E-state index contributed by atoms with van der Waals surface area (Å²) in [5.74, 6) is -2.62. The number of halogens is 2. The number of nitrogens with zero attached hydrogens (tertiary/aromatic N) is 3. The number of aromatic carboxylic acids is 1. The minimum absolute atomic E-state index is 0.189. The molecule has 2 rings (SSSR count). The van der Waals surface area contributed by atoms with Crippen LogP contribution in [0.4, 0.5) is 8.78 Å². The number of carbonyl (C=O) groups is 1. The second kappa shape index (κ2) is 3.96. The molecule has 2 aromatic rings. The predicted octanol–water partition coefficient (Wildman–Crippen LogP) is 1.71. The van der Waals surface area contributed by atoms with Crippen LogP contribution in [0.3, 0.4) is 0 Å². The number of hydrogen-bond acceptors (Lipinski definition) is 4. The van der Waals surface area contributed by atoms with E-state index < -0.39 is 23.8 Å². The van der Waals surface area contributed by atoms with Crippen molar-refractivity contribution >= 4 is 5.97 Å². The van der Waals surface area contributed by atoms with Gasteiger partial charge in [0.15, 0.2) is 5.69 Å². The van der Waals surface area contributed by atoms with E-state index in [4.69, 9.17) is 9.52 Å². The molecule has 0 spiro atoms. The fourth-order valence-corrected chi connectivity index (χ4v) is 1.29. The number of rotatable bonds is 3. The van der Waals surface area contributed by atoms with E-state index in [1.165, 1.54) is 17.1 Å². The van der Waals surface area contributed by atoms with Gasteiger partial charge >= 0.3 is 5.97 Å². The van der Waals surface area contributed by atoms with Crippen LogP contribution in [0.2, 0.25) is 0 Å². The van der Waals surface area contributed by atoms with Crippen LogP contribution in [0, 0.1) is 0 Å². The maximum atomic E-state index is 12.5. The van der Waals surface area contributed by atoms with Crippen molar-refractivity contribution in [2.24, 2.45) is 7.05 Å². The highest BCUT2D eigenvalue weighted by Gasteiger charge is 2.26. The maximum absolute atomic E-state index is 12.5. The molecule has 0 fully saturated rings. The maximum Gasteiger partial charge on any atom is 0.374 e. The van der Waals surface area contributed by atoms with Gasteiger partial charge in [0.2, 0.25) is 11.7 Å². The van der Waals surface area contributed by atoms with Crippen LogP contribution in [0.5, 0.6) is 0 Å². The predicted molar refractivity (Wildman–Crippen MR) is 50.6 cm³/mol. The summed E-state index contributed by atoms with van der Waals surface area (Å²) in [6.07, 6.45) is -0.186. The zero-order valence-corrected chi connectivity index (χ0v) is 8.59. The minimum atomic E-state index is -3.00. The molecule has 0 aliphatic carbocycles. The Labute approximate surface area is 93.5 Å². The van der Waals surface area contributed by atoms with Gasteiger partial charge in [-0.25, -0.2) is 18.6 Å². The lowest BCUT2D eigenvalue weighted by Crippen LogP contribution is -1.99. The lowest BCUT2D eigenvalue weighted by molar-refractivity contribution is 0.0647. The van der Waals surface area contributed by atoms with Gasteiger partial charge in [0.05, 0.1) is 11.8 Å². The van der Waals surface area contributed by atoms with Gasteiger partial charge in [0.1, 0.15) is 0 Å². The average Bonchev–Trinajstić information content (AvgIpc) is 2.82. The van der Waals surface area contributed by atoms with Crippen LogP contribution in [0.15, 0.2) is 16.8 Å². The molecular weight excluding hydrogens is 236 g/mol. The fraction of sp³-hybridized carbons (Fsp3) is 0.222. The quantitative estimate of drug-likeness (QED) is 0.887. The third-order valence-corrected chi connectivity index (χ3v) is 2.01. The highest BCUT2D eigenvalue weighted by Crippen LogP contribution is 2.27. The second-order valence-corrected chi connectivity index (χ2v) is 3.24. The summed E-state index contributed by atoms with van der Waals surface area (Å²) >= 11 is 0. The number of carboxylic acids is 1. The van der Waals surface area contributed by atoms with Crippen LogP contribution < -0.4 is 0 Å². The van der Waals surface area contributed by atoms with Crippen molar-refractivity contribution in [3.05, 3.63) is 23.8 Å². The topological polar surface area (TPSA) is 81.2 Å². The molecule has 0 atom stereocenters. The number of alkyl halides is 2. The SMILES string of the molecule is Cn1cc(-c2nc(C(F)F)c(C(=O)O)o2)cn1. The van der Waals surface area contributed by atoms with Crippen molar-refractivity contribution in [3.63, 3.8) is 0 Å². The van der Waals surface area contributed by atoms with Gasteiger partial charge in [-0.2, -0.15) is 5.10 Å². The van der Waals surface area contributed by atoms with Gasteiger partial charge in [-0.1, -0.05) is 0 Å². The third kappa shape index (κ3) is 2.01. The fourth-order valence-electron chi connectivity index (χ4n) is 1.29. The zero-order chi connectivity index (χ0) is 12.6. The molecule has 2 heterocycles. The Morgan fingerprint density at radius 3 is 2.71 bits per heavy atom. The molecule has 1 N–H and O–H groups in total. The van der Waals surface area contributed by atoms with Gasteiger partial charge in [-0.05, 0) is 0 Å². The second-order valence-electron chi connectivity index (χ2n) is 3.24. The molecule has 0 radical (unpaired) electrons. The number of aromatic nitrogens is 3. The monoisotopic (exact) mass is 243 g/mol. The molecule has 2 aromatic heterocycles. The van der Waals surface area contributed by atoms with E-state index in [9.17, 15) is 13.6 Å². The normalized spacial score (nSPS) is 11.1. The van der Waals surface area contributed by atoms with E-state index in [1.54, 1.807) is 7.05 Å². The summed E-state index contributed by atoms with van der Waals surface area (Å²) in [6.45, 7) is 0. The van der Waals surface area contributed by atoms with Gasteiger partial charge in [0.25, 0.3) is 6.43 Å². The summed E-state index contributed by atoms with van der Waals surface area (Å²) in [4.78, 5) is 14.2. The first-order valence-electron chi connectivity index (χ1n) is 4.50. The Bertz CT molecular complexity index is 562. The van der Waals surface area contributed by atoms with Crippen LogP contribution in [-0.4, -0.2) is 25.8 Å². The van der Waals surface area contributed by atoms with Crippen molar-refractivity contribution in [3.8, 4) is 11.5 Å². The van der Waals surface area contributed by atoms with Crippen molar-refractivity contribution < 1.29 is 23.1 Å². The molecule has 17 heavy (non-hydrogen) atoms. The van der Waals surface area contributed by atoms with E-state index in [0.29, 0.717) is 5.56 Å². The molecule has 0 amide bonds. The molecule has 0 saturated carbocycles. The molecule has 0 aliphatic rings. The lowest BCUT2D eigenvalue weighted by atomic mass is 10.3.